The van der Waals surface area contributed by atoms with E-state index in [0.29, 0.717) is 27.8 Å². The van der Waals surface area contributed by atoms with Crippen LogP contribution in [0, 0.1) is 0 Å². The fourth-order valence-electron chi connectivity index (χ4n) is 2.09. The minimum absolute atomic E-state index is 0.142. The number of benzene rings is 1. The Labute approximate surface area is 120 Å². The average molecular weight is 287 g/mol. The Hall–Kier alpha value is -2.33. The van der Waals surface area contributed by atoms with E-state index in [-0.39, 0.29) is 5.78 Å². The molecule has 2 heterocycles. The van der Waals surface area contributed by atoms with Crippen molar-refractivity contribution in [2.24, 2.45) is 0 Å². The van der Waals surface area contributed by atoms with Gasteiger partial charge in [-0.1, -0.05) is 35.9 Å². The summed E-state index contributed by atoms with van der Waals surface area (Å²) in [6.45, 7) is 1.79. The van der Waals surface area contributed by atoms with E-state index in [0.717, 1.165) is 0 Å². The predicted molar refractivity (Wildman–Crippen MR) is 77.0 cm³/mol. The molecule has 0 saturated carbocycles. The lowest BCUT2D eigenvalue weighted by Gasteiger charge is -2.03. The van der Waals surface area contributed by atoms with Crippen molar-refractivity contribution < 1.29 is 9.21 Å². The Balaban J connectivity index is 2.30. The lowest BCUT2D eigenvalue weighted by molar-refractivity contribution is 0.104. The van der Waals surface area contributed by atoms with E-state index in [1.807, 2.05) is 18.2 Å². The van der Waals surface area contributed by atoms with Gasteiger partial charge >= 0.3 is 5.84 Å². The first kappa shape index (κ1) is 12.7. The van der Waals surface area contributed by atoms with Crippen LogP contribution < -0.4 is 0 Å². The second kappa shape index (κ2) is 4.98. The van der Waals surface area contributed by atoms with Gasteiger partial charge in [0.15, 0.2) is 0 Å². The molecule has 100 valence electrons. The second-order valence-corrected chi connectivity index (χ2v) is 4.62. The summed E-state index contributed by atoms with van der Waals surface area (Å²) in [5.41, 5.74) is 1.68. The summed E-state index contributed by atoms with van der Waals surface area (Å²) < 4.78 is 6.89. The average Bonchev–Trinajstić information content (AvgIpc) is 2.99. The molecule has 2 aromatic heterocycles. The van der Waals surface area contributed by atoms with E-state index >= 15 is 0 Å². The number of hydrogen-bond acceptors (Lipinski definition) is 3. The molecule has 0 saturated heterocycles. The van der Waals surface area contributed by atoms with Crippen LogP contribution >= 0.6 is 11.6 Å². The highest BCUT2D eigenvalue weighted by Gasteiger charge is 2.21. The summed E-state index contributed by atoms with van der Waals surface area (Å²) in [4.78, 5) is 16.7. The maximum atomic E-state index is 12.3. The summed E-state index contributed by atoms with van der Waals surface area (Å²) in [5.74, 6) is 0.226. The van der Waals surface area contributed by atoms with Gasteiger partial charge < -0.3 is 4.42 Å². The lowest BCUT2D eigenvalue weighted by atomic mass is 10.1. The number of imidazole rings is 1. The number of halogens is 1. The Morgan fingerprint density at radius 1 is 1.40 bits per heavy atom. The van der Waals surface area contributed by atoms with E-state index in [1.54, 1.807) is 29.7 Å². The van der Waals surface area contributed by atoms with Crippen LogP contribution in [0.5, 0.6) is 0 Å². The molecule has 0 spiro atoms. The number of oxazole rings is 1. The molecule has 1 aromatic carbocycles. The van der Waals surface area contributed by atoms with Gasteiger partial charge in [0.1, 0.15) is 17.7 Å². The Morgan fingerprint density at radius 2 is 2.20 bits per heavy atom. The van der Waals surface area contributed by atoms with Crippen LogP contribution in [-0.4, -0.2) is 15.2 Å². The van der Waals surface area contributed by atoms with Crippen LogP contribution in [0.4, 0.5) is 0 Å². The maximum Gasteiger partial charge on any atom is 0.306 e. The monoisotopic (exact) mass is 286 g/mol. The van der Waals surface area contributed by atoms with Crippen LogP contribution in [0.15, 0.2) is 53.3 Å². The summed E-state index contributed by atoms with van der Waals surface area (Å²) in [6.07, 6.45) is 6.35. The number of carbonyl (C=O) groups is 1. The van der Waals surface area contributed by atoms with E-state index in [9.17, 15) is 4.79 Å². The normalized spacial score (nSPS) is 11.5. The molecule has 0 fully saturated rings. The molecule has 0 aliphatic rings. The largest absolute Gasteiger partial charge is 0.432 e. The summed E-state index contributed by atoms with van der Waals surface area (Å²) in [7, 11) is 0. The molecule has 0 radical (unpaired) electrons. The van der Waals surface area contributed by atoms with E-state index in [4.69, 9.17) is 16.0 Å². The van der Waals surface area contributed by atoms with E-state index in [1.165, 1.54) is 12.3 Å². The van der Waals surface area contributed by atoms with Crippen molar-refractivity contribution in [2.75, 3.05) is 0 Å². The van der Waals surface area contributed by atoms with Crippen molar-refractivity contribution in [1.29, 1.82) is 0 Å². The van der Waals surface area contributed by atoms with Crippen molar-refractivity contribution in [3.63, 3.8) is 0 Å². The van der Waals surface area contributed by atoms with Gasteiger partial charge in [-0.15, -0.1) is 0 Å². The van der Waals surface area contributed by atoms with Crippen molar-refractivity contribution in [1.82, 2.24) is 9.38 Å². The predicted octanol–water partition coefficient (Wildman–Crippen LogP) is 4.01. The number of aromatic nitrogens is 2. The van der Waals surface area contributed by atoms with Crippen molar-refractivity contribution >= 4 is 23.2 Å². The zero-order chi connectivity index (χ0) is 14.1. The molecule has 0 N–H and O–H groups in total. The SMILES string of the molecule is C/C=C/C(=O)c1c(-c2ccccc2Cl)nc2occn12. The molecule has 0 unspecified atom stereocenters. The second-order valence-electron chi connectivity index (χ2n) is 4.21. The highest BCUT2D eigenvalue weighted by Crippen LogP contribution is 2.31. The van der Waals surface area contributed by atoms with Crippen molar-refractivity contribution in [2.45, 2.75) is 6.92 Å². The fourth-order valence-corrected chi connectivity index (χ4v) is 2.32. The van der Waals surface area contributed by atoms with Crippen LogP contribution in [0.3, 0.4) is 0 Å². The van der Waals surface area contributed by atoms with Gasteiger partial charge in [0, 0.05) is 11.8 Å². The van der Waals surface area contributed by atoms with Gasteiger partial charge in [0.2, 0.25) is 5.78 Å². The lowest BCUT2D eigenvalue weighted by Crippen LogP contribution is -2.01. The quantitative estimate of drug-likeness (QED) is 0.540. The number of rotatable bonds is 3. The van der Waals surface area contributed by atoms with Gasteiger partial charge in [-0.3, -0.25) is 9.20 Å². The topological polar surface area (TPSA) is 47.5 Å². The molecule has 20 heavy (non-hydrogen) atoms. The molecule has 4 nitrogen and oxygen atoms in total. The van der Waals surface area contributed by atoms with Crippen molar-refractivity contribution in [3.05, 3.63) is 59.6 Å². The summed E-state index contributed by atoms with van der Waals surface area (Å²) in [5, 5.41) is 0.544. The molecule has 0 atom stereocenters. The van der Waals surface area contributed by atoms with Gasteiger partial charge in [-0.2, -0.15) is 4.98 Å². The highest BCUT2D eigenvalue weighted by molar-refractivity contribution is 6.33. The first-order valence-electron chi connectivity index (χ1n) is 6.10. The number of carbonyl (C=O) groups excluding carboxylic acids is 1. The van der Waals surface area contributed by atoms with Crippen LogP contribution in [0.1, 0.15) is 17.4 Å². The minimum atomic E-state index is -0.142. The third-order valence-corrected chi connectivity index (χ3v) is 3.27. The number of nitrogens with zero attached hydrogens (tertiary/aromatic N) is 2. The van der Waals surface area contributed by atoms with Gasteiger partial charge in [0.05, 0.1) is 5.02 Å². The maximum absolute atomic E-state index is 12.3. The first-order chi connectivity index (χ1) is 9.72. The molecule has 3 aromatic rings. The van der Waals surface area contributed by atoms with E-state index in [2.05, 4.69) is 4.98 Å². The molecular formula is C15H11ClN2O2. The number of fused-ring (bicyclic) bond motifs is 1. The smallest absolute Gasteiger partial charge is 0.306 e. The number of ketones is 1. The first-order valence-corrected chi connectivity index (χ1v) is 6.47. The molecule has 0 aliphatic heterocycles. The molecule has 0 bridgehead atoms. The molecule has 3 rings (SSSR count). The van der Waals surface area contributed by atoms with Gasteiger partial charge in [-0.25, -0.2) is 0 Å². The number of hydrogen-bond donors (Lipinski definition) is 0. The van der Waals surface area contributed by atoms with Crippen molar-refractivity contribution in [3.8, 4) is 11.3 Å². The molecule has 5 heteroatoms. The standard InChI is InChI=1S/C15H11ClN2O2/c1-2-5-12(19)14-13(10-6-3-4-7-11(10)16)17-15-18(14)8-9-20-15/h2-9H,1H3/b5-2+. The van der Waals surface area contributed by atoms with Gasteiger partial charge in [-0.05, 0) is 19.1 Å². The molecule has 0 aliphatic carbocycles. The summed E-state index contributed by atoms with van der Waals surface area (Å²) in [6, 6.07) is 7.28. The molecule has 0 amide bonds. The van der Waals surface area contributed by atoms with E-state index < -0.39 is 0 Å². The van der Waals surface area contributed by atoms with Crippen LogP contribution in [0.2, 0.25) is 5.02 Å². The minimum Gasteiger partial charge on any atom is -0.432 e. The third-order valence-electron chi connectivity index (χ3n) is 2.94. The van der Waals surface area contributed by atoms with Crippen LogP contribution in [0.25, 0.3) is 17.1 Å². The zero-order valence-electron chi connectivity index (χ0n) is 10.7. The highest BCUT2D eigenvalue weighted by atomic mass is 35.5. The zero-order valence-corrected chi connectivity index (χ0v) is 11.5. The fraction of sp³-hybridized carbons (Fsp3) is 0.0667. The third kappa shape index (κ3) is 1.94. The van der Waals surface area contributed by atoms with Gasteiger partial charge in [0.25, 0.3) is 0 Å². The Bertz CT molecular complexity index is 814. The Kier molecular flexibility index (Phi) is 3.16. The summed E-state index contributed by atoms with van der Waals surface area (Å²) >= 11 is 6.20. The van der Waals surface area contributed by atoms with Crippen LogP contribution in [-0.2, 0) is 0 Å². The molecular weight excluding hydrogens is 276 g/mol. The Morgan fingerprint density at radius 3 is 2.95 bits per heavy atom. The number of allylic oxidation sites excluding steroid dienone is 2.